The summed E-state index contributed by atoms with van der Waals surface area (Å²) in [5.41, 5.74) is 6.69. The monoisotopic (exact) mass is 413 g/mol. The third kappa shape index (κ3) is 3.74. The van der Waals surface area contributed by atoms with Crippen LogP contribution in [0, 0.1) is 5.92 Å². The molecule has 140 valence electrons. The number of nitrogens with two attached hydrogens (primary N) is 1. The van der Waals surface area contributed by atoms with Crippen LogP contribution in [0.1, 0.15) is 23.9 Å². The van der Waals surface area contributed by atoms with Gasteiger partial charge in [0.25, 0.3) is 5.91 Å². The second kappa shape index (κ2) is 8.39. The highest BCUT2D eigenvalue weighted by atomic mass is 35.5. The lowest BCUT2D eigenvalue weighted by atomic mass is 10.1. The highest BCUT2D eigenvalue weighted by molar-refractivity contribution is 7.21. The molecule has 0 aliphatic carbocycles. The molecule has 0 saturated carbocycles. The minimum Gasteiger partial charge on any atom is -0.448 e. The molecule has 4 rings (SSSR count). The standard InChI is InChI=1S/C18H19N3O2S.2ClH/c1-11-8-12(9-19)10-21(11)18(22)15-7-6-14(23-15)17-20-13-4-2-3-5-16(13)24-17;;/h2-7,11-12H,8-10,19H2,1H3;2*1H. The van der Waals surface area contributed by atoms with Gasteiger partial charge in [0.2, 0.25) is 0 Å². The van der Waals surface area contributed by atoms with Crippen LogP contribution in [-0.2, 0) is 0 Å². The van der Waals surface area contributed by atoms with Crippen molar-refractivity contribution in [2.24, 2.45) is 11.7 Å². The average Bonchev–Trinajstić information content (AvgIpc) is 3.31. The summed E-state index contributed by atoms with van der Waals surface area (Å²) in [6.07, 6.45) is 0.952. The van der Waals surface area contributed by atoms with E-state index in [2.05, 4.69) is 11.9 Å². The molecule has 1 aliphatic heterocycles. The number of rotatable bonds is 3. The Labute approximate surface area is 168 Å². The van der Waals surface area contributed by atoms with Gasteiger partial charge in [0.1, 0.15) is 0 Å². The maximum atomic E-state index is 12.7. The third-order valence-corrected chi connectivity index (χ3v) is 5.63. The Balaban J connectivity index is 0.00000121. The number of thiazole rings is 1. The van der Waals surface area contributed by atoms with Crippen molar-refractivity contribution < 1.29 is 9.21 Å². The molecule has 0 radical (unpaired) electrons. The number of hydrogen-bond donors (Lipinski definition) is 1. The largest absolute Gasteiger partial charge is 0.448 e. The van der Waals surface area contributed by atoms with Gasteiger partial charge in [-0.3, -0.25) is 4.79 Å². The molecular formula is C18H21Cl2N3O2S. The maximum absolute atomic E-state index is 12.7. The van der Waals surface area contributed by atoms with Crippen molar-refractivity contribution in [3.05, 3.63) is 42.2 Å². The first-order valence-electron chi connectivity index (χ1n) is 8.12. The summed E-state index contributed by atoms with van der Waals surface area (Å²) in [4.78, 5) is 19.1. The number of carbonyl (C=O) groups is 1. The zero-order valence-corrected chi connectivity index (χ0v) is 16.7. The van der Waals surface area contributed by atoms with E-state index >= 15 is 0 Å². The Kier molecular flexibility index (Phi) is 6.69. The quantitative estimate of drug-likeness (QED) is 0.697. The molecule has 3 heterocycles. The number of aromatic nitrogens is 1. The second-order valence-electron chi connectivity index (χ2n) is 6.29. The predicted molar refractivity (Wildman–Crippen MR) is 109 cm³/mol. The van der Waals surface area contributed by atoms with Crippen LogP contribution in [0.2, 0.25) is 0 Å². The number of para-hydroxylation sites is 1. The summed E-state index contributed by atoms with van der Waals surface area (Å²) in [6, 6.07) is 11.7. The van der Waals surface area contributed by atoms with E-state index in [1.165, 1.54) is 0 Å². The summed E-state index contributed by atoms with van der Waals surface area (Å²) in [7, 11) is 0. The van der Waals surface area contributed by atoms with Crippen LogP contribution in [0.15, 0.2) is 40.8 Å². The van der Waals surface area contributed by atoms with Crippen LogP contribution in [0.5, 0.6) is 0 Å². The molecule has 26 heavy (non-hydrogen) atoms. The predicted octanol–water partition coefficient (Wildman–Crippen LogP) is 4.21. The van der Waals surface area contributed by atoms with E-state index in [-0.39, 0.29) is 36.8 Å². The maximum Gasteiger partial charge on any atom is 0.289 e. The number of fused-ring (bicyclic) bond motifs is 1. The molecule has 2 atom stereocenters. The van der Waals surface area contributed by atoms with Gasteiger partial charge in [-0.1, -0.05) is 12.1 Å². The number of benzene rings is 1. The molecule has 2 N–H and O–H groups in total. The highest BCUT2D eigenvalue weighted by Crippen LogP contribution is 2.32. The first kappa shape index (κ1) is 20.7. The van der Waals surface area contributed by atoms with Gasteiger partial charge in [-0.15, -0.1) is 36.2 Å². The van der Waals surface area contributed by atoms with Gasteiger partial charge < -0.3 is 15.1 Å². The fraction of sp³-hybridized carbons (Fsp3) is 0.333. The van der Waals surface area contributed by atoms with Crippen molar-refractivity contribution >= 4 is 52.3 Å². The molecule has 1 amide bonds. The number of hydrogen-bond acceptors (Lipinski definition) is 5. The topological polar surface area (TPSA) is 72.4 Å². The van der Waals surface area contributed by atoms with Gasteiger partial charge in [-0.25, -0.2) is 4.98 Å². The van der Waals surface area contributed by atoms with Crippen LogP contribution in [0.4, 0.5) is 0 Å². The minimum absolute atomic E-state index is 0. The average molecular weight is 414 g/mol. The summed E-state index contributed by atoms with van der Waals surface area (Å²) in [6.45, 7) is 3.38. The van der Waals surface area contributed by atoms with Gasteiger partial charge in [0, 0.05) is 12.6 Å². The number of amides is 1. The molecule has 2 aromatic heterocycles. The van der Waals surface area contributed by atoms with Crippen molar-refractivity contribution in [2.75, 3.05) is 13.1 Å². The SMILES string of the molecule is CC1CC(CN)CN1C(=O)c1ccc(-c2nc3ccccc3s2)o1.Cl.Cl. The smallest absolute Gasteiger partial charge is 0.289 e. The first-order valence-corrected chi connectivity index (χ1v) is 8.94. The van der Waals surface area contributed by atoms with E-state index in [9.17, 15) is 4.79 Å². The van der Waals surface area contributed by atoms with Crippen LogP contribution in [-0.4, -0.2) is 34.9 Å². The van der Waals surface area contributed by atoms with Crippen LogP contribution >= 0.6 is 36.2 Å². The van der Waals surface area contributed by atoms with Crippen LogP contribution in [0.25, 0.3) is 21.0 Å². The molecule has 1 fully saturated rings. The molecule has 3 aromatic rings. The van der Waals surface area contributed by atoms with Crippen molar-refractivity contribution in [3.63, 3.8) is 0 Å². The molecule has 1 saturated heterocycles. The normalized spacial score (nSPS) is 19.2. The Morgan fingerprint density at radius 3 is 2.77 bits per heavy atom. The zero-order chi connectivity index (χ0) is 16.7. The summed E-state index contributed by atoms with van der Waals surface area (Å²) < 4.78 is 6.92. The van der Waals surface area contributed by atoms with E-state index in [4.69, 9.17) is 10.2 Å². The summed E-state index contributed by atoms with van der Waals surface area (Å²) in [5, 5.41) is 0.796. The Hall–Kier alpha value is -1.60. The molecular weight excluding hydrogens is 393 g/mol. The lowest BCUT2D eigenvalue weighted by Gasteiger charge is -2.19. The van der Waals surface area contributed by atoms with Crippen molar-refractivity contribution in [1.29, 1.82) is 0 Å². The molecule has 8 heteroatoms. The fourth-order valence-electron chi connectivity index (χ4n) is 3.28. The summed E-state index contributed by atoms with van der Waals surface area (Å²) >= 11 is 1.57. The molecule has 0 bridgehead atoms. The minimum atomic E-state index is -0.0641. The lowest BCUT2D eigenvalue weighted by Crippen LogP contribution is -2.34. The van der Waals surface area contributed by atoms with Crippen LogP contribution < -0.4 is 5.73 Å². The molecule has 2 unspecified atom stereocenters. The van der Waals surface area contributed by atoms with E-state index in [1.807, 2.05) is 35.2 Å². The zero-order valence-electron chi connectivity index (χ0n) is 14.3. The highest BCUT2D eigenvalue weighted by Gasteiger charge is 2.33. The Morgan fingerprint density at radius 1 is 1.31 bits per heavy atom. The van der Waals surface area contributed by atoms with Crippen molar-refractivity contribution in [3.8, 4) is 10.8 Å². The molecule has 1 aromatic carbocycles. The number of halogens is 2. The first-order chi connectivity index (χ1) is 11.7. The molecule has 0 spiro atoms. The molecule has 1 aliphatic rings. The number of nitrogens with zero attached hydrogens (tertiary/aromatic N) is 2. The van der Waals surface area contributed by atoms with E-state index < -0.39 is 0 Å². The van der Waals surface area contributed by atoms with Gasteiger partial charge in [-0.05, 0) is 50.1 Å². The lowest BCUT2D eigenvalue weighted by molar-refractivity contribution is 0.0712. The second-order valence-corrected chi connectivity index (χ2v) is 7.33. The van der Waals surface area contributed by atoms with E-state index in [0.717, 1.165) is 21.6 Å². The summed E-state index contributed by atoms with van der Waals surface area (Å²) in [5.74, 6) is 1.32. The van der Waals surface area contributed by atoms with Crippen molar-refractivity contribution in [1.82, 2.24) is 9.88 Å². The number of furan rings is 1. The van der Waals surface area contributed by atoms with Gasteiger partial charge >= 0.3 is 0 Å². The number of carbonyl (C=O) groups excluding carboxylic acids is 1. The van der Waals surface area contributed by atoms with Crippen LogP contribution in [0.3, 0.4) is 0 Å². The molecule has 5 nitrogen and oxygen atoms in total. The Morgan fingerprint density at radius 2 is 2.08 bits per heavy atom. The Bertz CT molecular complexity index is 862. The van der Waals surface area contributed by atoms with Gasteiger partial charge in [-0.2, -0.15) is 0 Å². The van der Waals surface area contributed by atoms with Crippen molar-refractivity contribution in [2.45, 2.75) is 19.4 Å². The van der Waals surface area contributed by atoms with E-state index in [1.54, 1.807) is 17.4 Å². The third-order valence-electron chi connectivity index (χ3n) is 4.58. The van der Waals surface area contributed by atoms with E-state index in [0.29, 0.717) is 30.5 Å². The number of likely N-dealkylation sites (tertiary alicyclic amines) is 1. The van der Waals surface area contributed by atoms with Gasteiger partial charge in [0.15, 0.2) is 16.5 Å². The fourth-order valence-corrected chi connectivity index (χ4v) is 4.21. The van der Waals surface area contributed by atoms with Gasteiger partial charge in [0.05, 0.1) is 10.2 Å².